The Labute approximate surface area is 142 Å². The summed E-state index contributed by atoms with van der Waals surface area (Å²) in [6.45, 7) is 2.72. The number of rotatable bonds is 6. The van der Waals surface area contributed by atoms with Crippen molar-refractivity contribution in [2.45, 2.75) is 25.7 Å². The lowest BCUT2D eigenvalue weighted by molar-refractivity contribution is -0.137. The maximum atomic E-state index is 12.5. The molecule has 0 aliphatic heterocycles. The van der Waals surface area contributed by atoms with Crippen molar-refractivity contribution in [2.24, 2.45) is 0 Å². The van der Waals surface area contributed by atoms with Crippen molar-refractivity contribution < 1.29 is 22.7 Å². The zero-order valence-corrected chi connectivity index (χ0v) is 13.7. The summed E-state index contributed by atoms with van der Waals surface area (Å²) < 4.78 is 44.3. The third kappa shape index (κ3) is 5.18. The van der Waals surface area contributed by atoms with Crippen LogP contribution in [-0.2, 0) is 17.5 Å². The lowest BCUT2D eigenvalue weighted by Gasteiger charge is -2.15. The summed E-state index contributed by atoms with van der Waals surface area (Å²) in [5.74, 6) is 0.541. The highest BCUT2D eigenvalue weighted by molar-refractivity contribution is 5.89. The van der Waals surface area contributed by atoms with E-state index in [0.29, 0.717) is 19.0 Å². The maximum absolute atomic E-state index is 12.5. The second-order valence-corrected chi connectivity index (χ2v) is 5.27. The number of nitrogens with one attached hydrogen (secondary N) is 2. The van der Waals surface area contributed by atoms with Gasteiger partial charge in [0.15, 0.2) is 5.82 Å². The number of alkyl halides is 3. The van der Waals surface area contributed by atoms with Gasteiger partial charge in [-0.2, -0.15) is 13.2 Å². The van der Waals surface area contributed by atoms with Crippen LogP contribution in [0.5, 0.6) is 0 Å². The highest BCUT2D eigenvalue weighted by Gasteiger charge is 2.30. The molecule has 1 atom stereocenters. The molecule has 0 aliphatic rings. The standard InChI is InChI=1S/C15H18F3N5O2/c1-10(13-22-19-9-23(13)7-8-25-2)20-14(24)21-12-5-3-11(4-6-12)15(16,17)18/h3-6,9-10H,7-8H2,1-2H3,(H2,20,21,24)/t10-/m0/s1. The van der Waals surface area contributed by atoms with Crippen LogP contribution in [0.3, 0.4) is 0 Å². The summed E-state index contributed by atoms with van der Waals surface area (Å²) in [4.78, 5) is 12.0. The molecule has 0 saturated carbocycles. The van der Waals surface area contributed by atoms with Crippen LogP contribution in [0.15, 0.2) is 30.6 Å². The van der Waals surface area contributed by atoms with Crippen LogP contribution < -0.4 is 10.6 Å². The number of aromatic nitrogens is 3. The van der Waals surface area contributed by atoms with Crippen LogP contribution in [0.25, 0.3) is 0 Å². The first-order valence-corrected chi connectivity index (χ1v) is 7.42. The molecule has 1 aromatic heterocycles. The number of carbonyl (C=O) groups is 1. The van der Waals surface area contributed by atoms with Crippen molar-refractivity contribution in [3.63, 3.8) is 0 Å². The monoisotopic (exact) mass is 357 g/mol. The van der Waals surface area contributed by atoms with Gasteiger partial charge in [-0.15, -0.1) is 10.2 Å². The van der Waals surface area contributed by atoms with Crippen molar-refractivity contribution in [1.82, 2.24) is 20.1 Å². The zero-order chi connectivity index (χ0) is 18.4. The topological polar surface area (TPSA) is 81.1 Å². The molecule has 2 amide bonds. The second-order valence-electron chi connectivity index (χ2n) is 5.27. The van der Waals surface area contributed by atoms with Gasteiger partial charge in [-0.25, -0.2) is 4.79 Å². The van der Waals surface area contributed by atoms with Gasteiger partial charge in [-0.3, -0.25) is 0 Å². The molecule has 7 nitrogen and oxygen atoms in total. The molecule has 2 rings (SSSR count). The maximum Gasteiger partial charge on any atom is 0.416 e. The van der Waals surface area contributed by atoms with E-state index < -0.39 is 23.8 Å². The summed E-state index contributed by atoms with van der Waals surface area (Å²) >= 11 is 0. The van der Waals surface area contributed by atoms with Crippen LogP contribution in [-0.4, -0.2) is 34.5 Å². The Balaban J connectivity index is 1.94. The summed E-state index contributed by atoms with van der Waals surface area (Å²) in [5.41, 5.74) is -0.531. The normalized spacial score (nSPS) is 12.7. The molecule has 2 aromatic rings. The van der Waals surface area contributed by atoms with E-state index in [4.69, 9.17) is 4.74 Å². The van der Waals surface area contributed by atoms with Crippen molar-refractivity contribution in [3.8, 4) is 0 Å². The van der Waals surface area contributed by atoms with Gasteiger partial charge < -0.3 is 19.9 Å². The van der Waals surface area contributed by atoms with E-state index in [2.05, 4.69) is 20.8 Å². The number of nitrogens with zero attached hydrogens (tertiary/aromatic N) is 3. The third-order valence-corrected chi connectivity index (χ3v) is 3.39. The van der Waals surface area contributed by atoms with Crippen molar-refractivity contribution in [1.29, 1.82) is 0 Å². The first-order chi connectivity index (χ1) is 11.8. The highest BCUT2D eigenvalue weighted by atomic mass is 19.4. The largest absolute Gasteiger partial charge is 0.416 e. The van der Waals surface area contributed by atoms with Gasteiger partial charge in [0, 0.05) is 19.3 Å². The quantitative estimate of drug-likeness (QED) is 0.833. The smallest absolute Gasteiger partial charge is 0.383 e. The Morgan fingerprint density at radius 3 is 2.60 bits per heavy atom. The number of anilines is 1. The van der Waals surface area contributed by atoms with E-state index in [1.165, 1.54) is 18.5 Å². The number of urea groups is 1. The molecule has 0 bridgehead atoms. The number of amides is 2. The van der Waals surface area contributed by atoms with E-state index in [0.717, 1.165) is 12.1 Å². The van der Waals surface area contributed by atoms with Gasteiger partial charge in [0.05, 0.1) is 18.2 Å². The lowest BCUT2D eigenvalue weighted by atomic mass is 10.2. The fraction of sp³-hybridized carbons (Fsp3) is 0.400. The number of ether oxygens (including phenoxy) is 1. The van der Waals surface area contributed by atoms with Crippen LogP contribution >= 0.6 is 0 Å². The van der Waals surface area contributed by atoms with Crippen LogP contribution in [0, 0.1) is 0 Å². The van der Waals surface area contributed by atoms with E-state index in [-0.39, 0.29) is 5.69 Å². The summed E-state index contributed by atoms with van der Waals surface area (Å²) in [7, 11) is 1.57. The van der Waals surface area contributed by atoms with E-state index >= 15 is 0 Å². The lowest BCUT2D eigenvalue weighted by Crippen LogP contribution is -2.32. The Kier molecular flexibility index (Phi) is 5.97. The molecule has 0 radical (unpaired) electrons. The molecular weight excluding hydrogens is 339 g/mol. The minimum atomic E-state index is -4.42. The minimum absolute atomic E-state index is 0.249. The van der Waals surface area contributed by atoms with E-state index in [1.807, 2.05) is 0 Å². The average molecular weight is 357 g/mol. The zero-order valence-electron chi connectivity index (χ0n) is 13.7. The molecule has 0 fully saturated rings. The van der Waals surface area contributed by atoms with Gasteiger partial charge in [-0.1, -0.05) is 0 Å². The fourth-order valence-corrected chi connectivity index (χ4v) is 2.13. The van der Waals surface area contributed by atoms with Crippen LogP contribution in [0.1, 0.15) is 24.4 Å². The van der Waals surface area contributed by atoms with Crippen molar-refractivity contribution >= 4 is 11.7 Å². The molecule has 0 unspecified atom stereocenters. The van der Waals surface area contributed by atoms with Crippen molar-refractivity contribution in [3.05, 3.63) is 42.0 Å². The fourth-order valence-electron chi connectivity index (χ4n) is 2.13. The summed E-state index contributed by atoms with van der Waals surface area (Å²) in [6.07, 6.45) is -2.89. The number of halogens is 3. The van der Waals surface area contributed by atoms with Crippen LogP contribution in [0.2, 0.25) is 0 Å². The molecule has 2 N–H and O–H groups in total. The van der Waals surface area contributed by atoms with Gasteiger partial charge in [0.2, 0.25) is 0 Å². The van der Waals surface area contributed by atoms with Gasteiger partial charge in [-0.05, 0) is 31.2 Å². The predicted octanol–water partition coefficient (Wildman–Crippen LogP) is 2.83. The van der Waals surface area contributed by atoms with Gasteiger partial charge in [0.25, 0.3) is 0 Å². The number of hydrogen-bond acceptors (Lipinski definition) is 4. The molecule has 0 aliphatic carbocycles. The Morgan fingerprint density at radius 1 is 1.32 bits per heavy atom. The number of methoxy groups -OCH3 is 1. The molecule has 1 aromatic carbocycles. The van der Waals surface area contributed by atoms with E-state index in [1.54, 1.807) is 18.6 Å². The molecule has 25 heavy (non-hydrogen) atoms. The predicted molar refractivity (Wildman–Crippen MR) is 83.9 cm³/mol. The van der Waals surface area contributed by atoms with Crippen molar-refractivity contribution in [2.75, 3.05) is 19.0 Å². The number of benzene rings is 1. The molecular formula is C15H18F3N5O2. The molecule has 10 heteroatoms. The second kappa shape index (κ2) is 7.97. The van der Waals surface area contributed by atoms with Gasteiger partial charge in [0.1, 0.15) is 6.33 Å². The molecule has 0 saturated heterocycles. The Bertz CT molecular complexity index is 700. The highest BCUT2D eigenvalue weighted by Crippen LogP contribution is 2.29. The average Bonchev–Trinajstić information content (AvgIpc) is 3.01. The minimum Gasteiger partial charge on any atom is -0.383 e. The van der Waals surface area contributed by atoms with Crippen LogP contribution in [0.4, 0.5) is 23.7 Å². The first kappa shape index (κ1) is 18.7. The SMILES string of the molecule is COCCn1cnnc1[C@H](C)NC(=O)Nc1ccc(C(F)(F)F)cc1. The summed E-state index contributed by atoms with van der Waals surface area (Å²) in [6, 6.07) is 3.17. The summed E-state index contributed by atoms with van der Waals surface area (Å²) in [5, 5.41) is 12.9. The van der Waals surface area contributed by atoms with Gasteiger partial charge >= 0.3 is 12.2 Å². The Hall–Kier alpha value is -2.62. The molecule has 0 spiro atoms. The molecule has 1 heterocycles. The third-order valence-electron chi connectivity index (χ3n) is 3.39. The number of hydrogen-bond donors (Lipinski definition) is 2. The first-order valence-electron chi connectivity index (χ1n) is 7.42. The van der Waals surface area contributed by atoms with E-state index in [9.17, 15) is 18.0 Å². The Morgan fingerprint density at radius 2 is 2.00 bits per heavy atom. The molecule has 136 valence electrons. The number of carbonyl (C=O) groups excluding carboxylic acids is 1.